The molecule has 0 spiro atoms. The van der Waals surface area contributed by atoms with Crippen molar-refractivity contribution in [2.45, 2.75) is 44.1 Å². The van der Waals surface area contributed by atoms with E-state index in [2.05, 4.69) is 6.92 Å². The van der Waals surface area contributed by atoms with Gasteiger partial charge in [-0.3, -0.25) is 0 Å². The van der Waals surface area contributed by atoms with E-state index < -0.39 is 6.10 Å². The Bertz CT molecular complexity index is 326. The standard InChI is InChI=1S/C13H19FOS/c1-3-4-5-8-16-13-7-6-11(10(2)15)9-12(13)14/h6-7,9-10,15H,3-5,8H2,1-2H3/t10-/m0/s1. The summed E-state index contributed by atoms with van der Waals surface area (Å²) in [6, 6.07) is 4.97. The van der Waals surface area contributed by atoms with Gasteiger partial charge in [-0.25, -0.2) is 4.39 Å². The van der Waals surface area contributed by atoms with Crippen molar-refractivity contribution in [1.29, 1.82) is 0 Å². The second-order valence-electron chi connectivity index (χ2n) is 3.92. The number of benzene rings is 1. The van der Waals surface area contributed by atoms with Gasteiger partial charge in [-0.05, 0) is 36.8 Å². The highest BCUT2D eigenvalue weighted by molar-refractivity contribution is 7.99. The Kier molecular flexibility index (Phi) is 5.85. The van der Waals surface area contributed by atoms with Gasteiger partial charge in [-0.1, -0.05) is 25.8 Å². The zero-order valence-electron chi connectivity index (χ0n) is 9.87. The SMILES string of the molecule is CCCCCSc1ccc([C@H](C)O)cc1F. The Morgan fingerprint density at radius 1 is 1.38 bits per heavy atom. The van der Waals surface area contributed by atoms with Gasteiger partial charge in [0, 0.05) is 4.90 Å². The van der Waals surface area contributed by atoms with E-state index in [-0.39, 0.29) is 5.82 Å². The molecule has 1 nitrogen and oxygen atoms in total. The summed E-state index contributed by atoms with van der Waals surface area (Å²) in [7, 11) is 0. The lowest BCUT2D eigenvalue weighted by atomic mass is 10.1. The molecule has 0 saturated carbocycles. The number of aliphatic hydroxyl groups excluding tert-OH is 1. The third kappa shape index (κ3) is 4.14. The number of hydrogen-bond donors (Lipinski definition) is 1. The van der Waals surface area contributed by atoms with E-state index in [1.54, 1.807) is 30.8 Å². The Morgan fingerprint density at radius 2 is 2.12 bits per heavy atom. The first kappa shape index (κ1) is 13.5. The quantitative estimate of drug-likeness (QED) is 0.597. The molecular weight excluding hydrogens is 223 g/mol. The normalized spacial score (nSPS) is 12.8. The first-order chi connectivity index (χ1) is 7.65. The minimum atomic E-state index is -0.603. The number of halogens is 1. The molecule has 0 unspecified atom stereocenters. The van der Waals surface area contributed by atoms with E-state index in [1.165, 1.54) is 18.9 Å². The third-order valence-electron chi connectivity index (χ3n) is 2.44. The molecular formula is C13H19FOS. The highest BCUT2D eigenvalue weighted by Crippen LogP contribution is 2.25. The summed E-state index contributed by atoms with van der Waals surface area (Å²) < 4.78 is 13.6. The molecule has 16 heavy (non-hydrogen) atoms. The van der Waals surface area contributed by atoms with Gasteiger partial charge < -0.3 is 5.11 Å². The molecule has 1 aromatic carbocycles. The summed E-state index contributed by atoms with van der Waals surface area (Å²) >= 11 is 1.55. The van der Waals surface area contributed by atoms with E-state index in [0.717, 1.165) is 12.2 Å². The molecule has 1 rings (SSSR count). The molecule has 1 N–H and O–H groups in total. The number of rotatable bonds is 6. The van der Waals surface area contributed by atoms with Crippen molar-refractivity contribution < 1.29 is 9.50 Å². The molecule has 0 fully saturated rings. The molecule has 0 aliphatic heterocycles. The Morgan fingerprint density at radius 3 is 2.69 bits per heavy atom. The van der Waals surface area contributed by atoms with Gasteiger partial charge in [-0.15, -0.1) is 11.8 Å². The maximum absolute atomic E-state index is 13.6. The van der Waals surface area contributed by atoms with Crippen molar-refractivity contribution in [3.63, 3.8) is 0 Å². The van der Waals surface area contributed by atoms with Crippen molar-refractivity contribution in [2.75, 3.05) is 5.75 Å². The summed E-state index contributed by atoms with van der Waals surface area (Å²) in [6.45, 7) is 3.80. The lowest BCUT2D eigenvalue weighted by molar-refractivity contribution is 0.198. The fraction of sp³-hybridized carbons (Fsp3) is 0.538. The van der Waals surface area contributed by atoms with Crippen molar-refractivity contribution in [3.8, 4) is 0 Å². The van der Waals surface area contributed by atoms with Crippen molar-refractivity contribution in [1.82, 2.24) is 0 Å². The van der Waals surface area contributed by atoms with Crippen LogP contribution in [0.15, 0.2) is 23.1 Å². The van der Waals surface area contributed by atoms with Gasteiger partial charge in [0.1, 0.15) is 5.82 Å². The maximum atomic E-state index is 13.6. The summed E-state index contributed by atoms with van der Waals surface area (Å²) in [6.07, 6.45) is 2.90. The fourth-order valence-electron chi connectivity index (χ4n) is 1.43. The predicted molar refractivity (Wildman–Crippen MR) is 67.3 cm³/mol. The molecule has 0 heterocycles. The van der Waals surface area contributed by atoms with Crippen LogP contribution in [-0.4, -0.2) is 10.9 Å². The van der Waals surface area contributed by atoms with E-state index in [1.807, 2.05) is 0 Å². The minimum absolute atomic E-state index is 0.222. The second-order valence-corrected chi connectivity index (χ2v) is 5.06. The van der Waals surface area contributed by atoms with Gasteiger partial charge in [0.25, 0.3) is 0 Å². The van der Waals surface area contributed by atoms with Crippen molar-refractivity contribution in [3.05, 3.63) is 29.6 Å². The van der Waals surface area contributed by atoms with E-state index in [0.29, 0.717) is 10.5 Å². The van der Waals surface area contributed by atoms with E-state index in [9.17, 15) is 9.50 Å². The molecule has 1 aromatic rings. The molecule has 0 amide bonds. The van der Waals surface area contributed by atoms with Gasteiger partial charge in [0.05, 0.1) is 6.10 Å². The molecule has 0 bridgehead atoms. The Hall–Kier alpha value is -0.540. The molecule has 0 radical (unpaired) electrons. The largest absolute Gasteiger partial charge is 0.389 e. The predicted octanol–water partition coefficient (Wildman–Crippen LogP) is 4.16. The van der Waals surface area contributed by atoms with Gasteiger partial charge in [0.15, 0.2) is 0 Å². The molecule has 1 atom stereocenters. The van der Waals surface area contributed by atoms with E-state index >= 15 is 0 Å². The number of aliphatic hydroxyl groups is 1. The Balaban J connectivity index is 2.54. The zero-order valence-corrected chi connectivity index (χ0v) is 10.7. The molecule has 3 heteroatoms. The van der Waals surface area contributed by atoms with Gasteiger partial charge >= 0.3 is 0 Å². The van der Waals surface area contributed by atoms with Crippen LogP contribution in [0, 0.1) is 5.82 Å². The fourth-order valence-corrected chi connectivity index (χ4v) is 2.36. The van der Waals surface area contributed by atoms with Crippen molar-refractivity contribution >= 4 is 11.8 Å². The highest BCUT2D eigenvalue weighted by atomic mass is 32.2. The summed E-state index contributed by atoms with van der Waals surface area (Å²) in [5, 5.41) is 9.31. The second kappa shape index (κ2) is 6.92. The zero-order chi connectivity index (χ0) is 12.0. The van der Waals surface area contributed by atoms with Crippen LogP contribution < -0.4 is 0 Å². The van der Waals surface area contributed by atoms with Crippen LogP contribution in [0.3, 0.4) is 0 Å². The van der Waals surface area contributed by atoms with Crippen LogP contribution in [-0.2, 0) is 0 Å². The third-order valence-corrected chi connectivity index (χ3v) is 3.58. The average molecular weight is 242 g/mol. The highest BCUT2D eigenvalue weighted by Gasteiger charge is 2.07. The lowest BCUT2D eigenvalue weighted by Gasteiger charge is -2.07. The van der Waals surface area contributed by atoms with Crippen LogP contribution in [0.5, 0.6) is 0 Å². The summed E-state index contributed by atoms with van der Waals surface area (Å²) in [5.74, 6) is 0.735. The smallest absolute Gasteiger partial charge is 0.137 e. The molecule has 0 aliphatic carbocycles. The van der Waals surface area contributed by atoms with Gasteiger partial charge in [-0.2, -0.15) is 0 Å². The van der Waals surface area contributed by atoms with Crippen molar-refractivity contribution in [2.24, 2.45) is 0 Å². The average Bonchev–Trinajstić information content (AvgIpc) is 2.26. The topological polar surface area (TPSA) is 20.2 Å². The first-order valence-electron chi connectivity index (χ1n) is 5.75. The summed E-state index contributed by atoms with van der Waals surface area (Å²) in [4.78, 5) is 0.681. The van der Waals surface area contributed by atoms with Crippen LogP contribution in [0.25, 0.3) is 0 Å². The van der Waals surface area contributed by atoms with E-state index in [4.69, 9.17) is 0 Å². The monoisotopic (exact) mass is 242 g/mol. The van der Waals surface area contributed by atoms with Crippen LogP contribution in [0.2, 0.25) is 0 Å². The number of hydrogen-bond acceptors (Lipinski definition) is 2. The molecule has 90 valence electrons. The molecule has 0 aliphatic rings. The minimum Gasteiger partial charge on any atom is -0.389 e. The van der Waals surface area contributed by atoms with Crippen LogP contribution in [0.1, 0.15) is 44.8 Å². The van der Waals surface area contributed by atoms with Crippen LogP contribution >= 0.6 is 11.8 Å². The number of unbranched alkanes of at least 4 members (excludes halogenated alkanes) is 2. The summed E-state index contributed by atoms with van der Waals surface area (Å²) in [5.41, 5.74) is 0.635. The lowest BCUT2D eigenvalue weighted by Crippen LogP contribution is -1.93. The van der Waals surface area contributed by atoms with Crippen LogP contribution in [0.4, 0.5) is 4.39 Å². The molecule has 0 saturated heterocycles. The van der Waals surface area contributed by atoms with Gasteiger partial charge in [0.2, 0.25) is 0 Å². The first-order valence-corrected chi connectivity index (χ1v) is 6.74. The maximum Gasteiger partial charge on any atom is 0.137 e. The Labute approximate surface area is 101 Å². The number of thioether (sulfide) groups is 1. The molecule has 0 aromatic heterocycles.